The van der Waals surface area contributed by atoms with E-state index in [1.807, 2.05) is 42.5 Å². The summed E-state index contributed by atoms with van der Waals surface area (Å²) in [4.78, 5) is 14.6. The average Bonchev–Trinajstić information content (AvgIpc) is 2.59. The first kappa shape index (κ1) is 17.3. The molecule has 0 aliphatic carbocycles. The molecular formula is C19H19BrClNO2. The first-order chi connectivity index (χ1) is 11.6. The second-order valence-electron chi connectivity index (χ2n) is 5.91. The Kier molecular flexibility index (Phi) is 5.47. The molecule has 3 rings (SSSR count). The third kappa shape index (κ3) is 3.60. The highest BCUT2D eigenvalue weighted by Crippen LogP contribution is 2.40. The van der Waals surface area contributed by atoms with Gasteiger partial charge in [-0.15, -0.1) is 0 Å². The van der Waals surface area contributed by atoms with Crippen LogP contribution in [0.15, 0.2) is 46.9 Å². The topological polar surface area (TPSA) is 29.5 Å². The van der Waals surface area contributed by atoms with E-state index in [2.05, 4.69) is 22.9 Å². The van der Waals surface area contributed by atoms with Gasteiger partial charge in [-0.1, -0.05) is 48.9 Å². The molecule has 24 heavy (non-hydrogen) atoms. The number of nitrogens with zero attached hydrogens (tertiary/aromatic N) is 1. The van der Waals surface area contributed by atoms with Gasteiger partial charge in [-0.05, 0) is 58.5 Å². The molecule has 5 heteroatoms. The summed E-state index contributed by atoms with van der Waals surface area (Å²) in [7, 11) is 0. The second-order valence-corrected chi connectivity index (χ2v) is 7.20. The fraction of sp³-hybridized carbons (Fsp3) is 0.316. The molecule has 0 spiro atoms. The van der Waals surface area contributed by atoms with Crippen molar-refractivity contribution in [2.45, 2.75) is 38.8 Å². The summed E-state index contributed by atoms with van der Waals surface area (Å²) in [6, 6.07) is 13.6. The summed E-state index contributed by atoms with van der Waals surface area (Å²) in [5.41, 5.74) is 2.94. The van der Waals surface area contributed by atoms with Gasteiger partial charge in [-0.25, -0.2) is 4.79 Å². The first-order valence-corrected chi connectivity index (χ1v) is 9.25. The van der Waals surface area contributed by atoms with E-state index in [0.717, 1.165) is 40.5 Å². The van der Waals surface area contributed by atoms with E-state index in [4.69, 9.17) is 16.3 Å². The van der Waals surface area contributed by atoms with Crippen LogP contribution in [-0.4, -0.2) is 12.1 Å². The molecule has 3 nitrogen and oxygen atoms in total. The van der Waals surface area contributed by atoms with Gasteiger partial charge >= 0.3 is 6.09 Å². The molecule has 0 bridgehead atoms. The number of amides is 1. The van der Waals surface area contributed by atoms with Crippen LogP contribution in [0.5, 0.6) is 0 Å². The Bertz CT molecular complexity index is 736. The minimum absolute atomic E-state index is 0.137. The van der Waals surface area contributed by atoms with Crippen LogP contribution < -0.4 is 4.90 Å². The molecule has 1 atom stereocenters. The van der Waals surface area contributed by atoms with E-state index < -0.39 is 0 Å². The van der Waals surface area contributed by atoms with Crippen LogP contribution in [0, 0.1) is 0 Å². The monoisotopic (exact) mass is 407 g/mol. The lowest BCUT2D eigenvalue weighted by Crippen LogP contribution is -2.44. The van der Waals surface area contributed by atoms with Gasteiger partial charge in [0.05, 0.1) is 5.69 Å². The van der Waals surface area contributed by atoms with Gasteiger partial charge in [0.1, 0.15) is 6.61 Å². The number of carbonyl (C=O) groups is 1. The standard InChI is InChI=1S/C19H19BrClNO2/c1-2-16-9-8-14-10-15(21)11-17(20)18(14)22(16)19(23)24-12-13-6-4-3-5-7-13/h3-7,10-11,16H,2,8-9,12H2,1H3. The SMILES string of the molecule is CCC1CCc2cc(Cl)cc(Br)c2N1C(=O)OCc1ccccc1. The molecule has 1 aliphatic heterocycles. The van der Waals surface area contributed by atoms with Crippen molar-refractivity contribution in [3.05, 3.63) is 63.1 Å². The van der Waals surface area contributed by atoms with Crippen molar-refractivity contribution in [2.24, 2.45) is 0 Å². The fourth-order valence-electron chi connectivity index (χ4n) is 3.13. The summed E-state index contributed by atoms with van der Waals surface area (Å²) >= 11 is 9.72. The van der Waals surface area contributed by atoms with Crippen LogP contribution in [0.3, 0.4) is 0 Å². The third-order valence-corrected chi connectivity index (χ3v) is 5.16. The molecule has 1 aliphatic rings. The Morgan fingerprint density at radius 2 is 2.08 bits per heavy atom. The number of carbonyl (C=O) groups excluding carboxylic acids is 1. The van der Waals surface area contributed by atoms with Crippen molar-refractivity contribution in [1.29, 1.82) is 0 Å². The largest absolute Gasteiger partial charge is 0.444 e. The van der Waals surface area contributed by atoms with Gasteiger partial charge in [-0.2, -0.15) is 0 Å². The molecule has 126 valence electrons. The summed E-state index contributed by atoms with van der Waals surface area (Å²) in [5.74, 6) is 0. The maximum atomic E-state index is 12.8. The molecule has 1 heterocycles. The van der Waals surface area contributed by atoms with E-state index in [0.29, 0.717) is 5.02 Å². The molecule has 0 saturated heterocycles. The molecule has 0 aromatic heterocycles. The van der Waals surface area contributed by atoms with Crippen molar-refractivity contribution >= 4 is 39.3 Å². The normalized spacial score (nSPS) is 16.6. The molecule has 0 radical (unpaired) electrons. The highest BCUT2D eigenvalue weighted by Gasteiger charge is 2.33. The van der Waals surface area contributed by atoms with Gasteiger partial charge in [0, 0.05) is 15.5 Å². The number of rotatable bonds is 3. The average molecular weight is 409 g/mol. The van der Waals surface area contributed by atoms with Crippen LogP contribution in [0.4, 0.5) is 10.5 Å². The van der Waals surface area contributed by atoms with Crippen LogP contribution in [0.2, 0.25) is 5.02 Å². The minimum Gasteiger partial charge on any atom is -0.444 e. The zero-order valence-electron chi connectivity index (χ0n) is 13.5. The first-order valence-electron chi connectivity index (χ1n) is 8.08. The number of benzene rings is 2. The number of anilines is 1. The minimum atomic E-state index is -0.310. The van der Waals surface area contributed by atoms with E-state index in [1.54, 1.807) is 4.90 Å². The van der Waals surface area contributed by atoms with Gasteiger partial charge in [0.15, 0.2) is 0 Å². The number of ether oxygens (including phenoxy) is 1. The maximum absolute atomic E-state index is 12.8. The zero-order chi connectivity index (χ0) is 17.1. The fourth-order valence-corrected chi connectivity index (χ4v) is 4.19. The maximum Gasteiger partial charge on any atom is 0.414 e. The second kappa shape index (κ2) is 7.58. The summed E-state index contributed by atoms with van der Waals surface area (Å²) in [6.45, 7) is 2.37. The van der Waals surface area contributed by atoms with E-state index in [-0.39, 0.29) is 18.7 Å². The molecule has 2 aromatic carbocycles. The Morgan fingerprint density at radius 1 is 1.33 bits per heavy atom. The Labute approximate surface area is 155 Å². The predicted molar refractivity (Wildman–Crippen MR) is 101 cm³/mol. The van der Waals surface area contributed by atoms with Crippen LogP contribution in [0.1, 0.15) is 30.9 Å². The molecular weight excluding hydrogens is 390 g/mol. The molecule has 2 aromatic rings. The molecule has 0 fully saturated rings. The third-order valence-electron chi connectivity index (χ3n) is 4.33. The smallest absolute Gasteiger partial charge is 0.414 e. The number of hydrogen-bond acceptors (Lipinski definition) is 2. The lowest BCUT2D eigenvalue weighted by Gasteiger charge is -2.36. The highest BCUT2D eigenvalue weighted by atomic mass is 79.9. The molecule has 1 amide bonds. The van der Waals surface area contributed by atoms with E-state index >= 15 is 0 Å². The Balaban J connectivity index is 1.86. The van der Waals surface area contributed by atoms with Crippen LogP contribution >= 0.6 is 27.5 Å². The highest BCUT2D eigenvalue weighted by molar-refractivity contribution is 9.10. The molecule has 0 N–H and O–H groups in total. The van der Waals surface area contributed by atoms with Crippen molar-refractivity contribution in [3.63, 3.8) is 0 Å². The molecule has 0 saturated carbocycles. The summed E-state index contributed by atoms with van der Waals surface area (Å²) < 4.78 is 6.41. The number of halogens is 2. The van der Waals surface area contributed by atoms with Crippen molar-refractivity contribution in [3.8, 4) is 0 Å². The number of hydrogen-bond donors (Lipinski definition) is 0. The van der Waals surface area contributed by atoms with Crippen molar-refractivity contribution in [1.82, 2.24) is 0 Å². The zero-order valence-corrected chi connectivity index (χ0v) is 15.8. The van der Waals surface area contributed by atoms with Crippen molar-refractivity contribution in [2.75, 3.05) is 4.90 Å². The molecule has 1 unspecified atom stereocenters. The van der Waals surface area contributed by atoms with Crippen LogP contribution in [-0.2, 0) is 17.8 Å². The Hall–Kier alpha value is -1.52. The lowest BCUT2D eigenvalue weighted by atomic mass is 9.95. The van der Waals surface area contributed by atoms with Gasteiger partial charge in [0.2, 0.25) is 0 Å². The van der Waals surface area contributed by atoms with E-state index in [9.17, 15) is 4.79 Å². The quantitative estimate of drug-likeness (QED) is 0.626. The number of fused-ring (bicyclic) bond motifs is 1. The van der Waals surface area contributed by atoms with Crippen LogP contribution in [0.25, 0.3) is 0 Å². The summed E-state index contributed by atoms with van der Waals surface area (Å²) in [5, 5.41) is 0.674. The summed E-state index contributed by atoms with van der Waals surface area (Å²) in [6.07, 6.45) is 2.40. The number of aryl methyl sites for hydroxylation is 1. The predicted octanol–water partition coefficient (Wildman–Crippen LogP) is 5.97. The van der Waals surface area contributed by atoms with Crippen molar-refractivity contribution < 1.29 is 9.53 Å². The lowest BCUT2D eigenvalue weighted by molar-refractivity contribution is 0.143. The van der Waals surface area contributed by atoms with Gasteiger partial charge in [0.25, 0.3) is 0 Å². The Morgan fingerprint density at radius 3 is 2.79 bits per heavy atom. The van der Waals surface area contributed by atoms with Gasteiger partial charge in [-0.3, -0.25) is 4.90 Å². The van der Waals surface area contributed by atoms with E-state index in [1.165, 1.54) is 0 Å². The van der Waals surface area contributed by atoms with Gasteiger partial charge < -0.3 is 4.74 Å².